The van der Waals surface area contributed by atoms with Gasteiger partial charge in [-0.1, -0.05) is 26.2 Å². The Kier molecular flexibility index (Phi) is 6.32. The zero-order valence-electron chi connectivity index (χ0n) is 11.1. The molecular weight excluding hydrogens is 200 g/mol. The summed E-state index contributed by atoms with van der Waals surface area (Å²) in [7, 11) is 4.00. The van der Waals surface area contributed by atoms with E-state index in [1.54, 1.807) is 0 Å². The number of nitrogens with zero attached hydrogens (tertiary/aromatic N) is 1. The van der Waals surface area contributed by atoms with Gasteiger partial charge in [0.1, 0.15) is 0 Å². The Balaban J connectivity index is 2.24. The van der Waals surface area contributed by atoms with Gasteiger partial charge < -0.3 is 15.3 Å². The molecule has 0 amide bonds. The molecule has 1 rings (SSSR count). The second kappa shape index (κ2) is 7.25. The highest BCUT2D eigenvalue weighted by Crippen LogP contribution is 2.22. The van der Waals surface area contributed by atoms with Gasteiger partial charge in [-0.2, -0.15) is 0 Å². The van der Waals surface area contributed by atoms with Crippen LogP contribution in [0.4, 0.5) is 0 Å². The summed E-state index contributed by atoms with van der Waals surface area (Å²) in [6, 6.07) is 0.610. The van der Waals surface area contributed by atoms with Crippen LogP contribution in [-0.2, 0) is 0 Å². The number of hydrogen-bond acceptors (Lipinski definition) is 3. The first kappa shape index (κ1) is 13.9. The fraction of sp³-hybridized carbons (Fsp3) is 1.00. The molecule has 3 heteroatoms. The van der Waals surface area contributed by atoms with Crippen LogP contribution in [0.15, 0.2) is 0 Å². The molecule has 1 aliphatic rings. The number of hydrogen-bond donors (Lipinski definition) is 2. The summed E-state index contributed by atoms with van der Waals surface area (Å²) in [4.78, 5) is 2.03. The third kappa shape index (κ3) is 5.28. The highest BCUT2D eigenvalue weighted by atomic mass is 16.3. The summed E-state index contributed by atoms with van der Waals surface area (Å²) in [5, 5.41) is 13.3. The molecule has 0 saturated heterocycles. The lowest BCUT2D eigenvalue weighted by Crippen LogP contribution is -2.42. The first-order chi connectivity index (χ1) is 7.59. The Morgan fingerprint density at radius 3 is 2.62 bits per heavy atom. The fourth-order valence-corrected chi connectivity index (χ4v) is 2.57. The summed E-state index contributed by atoms with van der Waals surface area (Å²) in [6.45, 7) is 3.81. The second-order valence-corrected chi connectivity index (χ2v) is 5.55. The summed E-state index contributed by atoms with van der Waals surface area (Å²) in [6.07, 6.45) is 6.45. The molecule has 0 radical (unpaired) electrons. The highest BCUT2D eigenvalue weighted by molar-refractivity contribution is 4.78. The van der Waals surface area contributed by atoms with Crippen molar-refractivity contribution in [3.63, 3.8) is 0 Å². The molecule has 1 fully saturated rings. The summed E-state index contributed by atoms with van der Waals surface area (Å²) in [5.74, 6) is 0.758. The molecule has 96 valence electrons. The van der Waals surface area contributed by atoms with Crippen LogP contribution in [0.1, 0.15) is 39.0 Å². The van der Waals surface area contributed by atoms with Crippen LogP contribution in [0.2, 0.25) is 0 Å². The average molecular weight is 228 g/mol. The normalized spacial score (nSPS) is 29.1. The van der Waals surface area contributed by atoms with Crippen molar-refractivity contribution in [2.75, 3.05) is 27.2 Å². The largest absolute Gasteiger partial charge is 0.390 e. The predicted octanol–water partition coefficient (Wildman–Crippen LogP) is 1.47. The minimum Gasteiger partial charge on any atom is -0.390 e. The van der Waals surface area contributed by atoms with E-state index in [1.807, 2.05) is 19.0 Å². The molecule has 1 aliphatic carbocycles. The highest BCUT2D eigenvalue weighted by Gasteiger charge is 2.20. The van der Waals surface area contributed by atoms with Gasteiger partial charge in [-0.15, -0.1) is 0 Å². The summed E-state index contributed by atoms with van der Waals surface area (Å²) in [5.41, 5.74) is 0. The molecular formula is C13H28N2O. The predicted molar refractivity (Wildman–Crippen MR) is 68.6 cm³/mol. The maximum absolute atomic E-state index is 9.80. The second-order valence-electron chi connectivity index (χ2n) is 5.55. The van der Waals surface area contributed by atoms with Crippen molar-refractivity contribution in [2.45, 2.75) is 51.2 Å². The Hall–Kier alpha value is -0.120. The van der Waals surface area contributed by atoms with E-state index in [1.165, 1.54) is 32.1 Å². The number of likely N-dealkylation sites (N-methyl/N-ethyl adjacent to an activating group) is 1. The van der Waals surface area contributed by atoms with Crippen LogP contribution in [0.5, 0.6) is 0 Å². The molecule has 3 unspecified atom stereocenters. The van der Waals surface area contributed by atoms with Crippen molar-refractivity contribution in [1.29, 1.82) is 0 Å². The third-order valence-electron chi connectivity index (χ3n) is 3.55. The Bertz CT molecular complexity index is 185. The van der Waals surface area contributed by atoms with Crippen molar-refractivity contribution in [3.05, 3.63) is 0 Å². The van der Waals surface area contributed by atoms with E-state index in [0.717, 1.165) is 19.0 Å². The number of rotatable bonds is 5. The number of aliphatic hydroxyl groups excluding tert-OH is 1. The van der Waals surface area contributed by atoms with Crippen LogP contribution in [-0.4, -0.2) is 49.3 Å². The van der Waals surface area contributed by atoms with E-state index >= 15 is 0 Å². The fourth-order valence-electron chi connectivity index (χ4n) is 2.57. The first-order valence-corrected chi connectivity index (χ1v) is 6.65. The van der Waals surface area contributed by atoms with Crippen LogP contribution in [0.3, 0.4) is 0 Å². The van der Waals surface area contributed by atoms with Crippen molar-refractivity contribution >= 4 is 0 Å². The van der Waals surface area contributed by atoms with E-state index in [9.17, 15) is 5.11 Å². The molecule has 3 atom stereocenters. The monoisotopic (exact) mass is 228 g/mol. The molecule has 0 aromatic heterocycles. The zero-order valence-corrected chi connectivity index (χ0v) is 11.1. The lowest BCUT2D eigenvalue weighted by molar-refractivity contribution is 0.127. The van der Waals surface area contributed by atoms with E-state index < -0.39 is 0 Å². The lowest BCUT2D eigenvalue weighted by atomic mass is 9.97. The Labute approximate surface area is 100 Å². The minimum absolute atomic E-state index is 0.245. The average Bonchev–Trinajstić information content (AvgIpc) is 2.39. The quantitative estimate of drug-likeness (QED) is 0.700. The smallest absolute Gasteiger partial charge is 0.0791 e. The van der Waals surface area contributed by atoms with Gasteiger partial charge in [-0.3, -0.25) is 0 Å². The minimum atomic E-state index is -0.245. The van der Waals surface area contributed by atoms with Gasteiger partial charge in [0, 0.05) is 19.1 Å². The zero-order chi connectivity index (χ0) is 12.0. The van der Waals surface area contributed by atoms with E-state index in [4.69, 9.17) is 0 Å². The molecule has 0 spiro atoms. The Morgan fingerprint density at radius 1 is 1.25 bits per heavy atom. The van der Waals surface area contributed by atoms with Gasteiger partial charge in [0.15, 0.2) is 0 Å². The van der Waals surface area contributed by atoms with Gasteiger partial charge in [-0.25, -0.2) is 0 Å². The molecule has 0 bridgehead atoms. The van der Waals surface area contributed by atoms with Crippen LogP contribution in [0, 0.1) is 5.92 Å². The van der Waals surface area contributed by atoms with Crippen molar-refractivity contribution in [1.82, 2.24) is 10.2 Å². The van der Waals surface area contributed by atoms with Gasteiger partial charge in [-0.05, 0) is 32.9 Å². The van der Waals surface area contributed by atoms with E-state index in [2.05, 4.69) is 12.2 Å². The SMILES string of the molecule is CC1CCCCCC1NCC(O)CN(C)C. The topological polar surface area (TPSA) is 35.5 Å². The molecule has 0 aromatic carbocycles. The van der Waals surface area contributed by atoms with Gasteiger partial charge in [0.25, 0.3) is 0 Å². The summed E-state index contributed by atoms with van der Waals surface area (Å²) < 4.78 is 0. The third-order valence-corrected chi connectivity index (χ3v) is 3.55. The molecule has 0 heterocycles. The van der Waals surface area contributed by atoms with Gasteiger partial charge >= 0.3 is 0 Å². The molecule has 1 saturated carbocycles. The number of aliphatic hydroxyl groups is 1. The maximum Gasteiger partial charge on any atom is 0.0791 e. The Morgan fingerprint density at radius 2 is 1.94 bits per heavy atom. The molecule has 3 nitrogen and oxygen atoms in total. The van der Waals surface area contributed by atoms with Crippen molar-refractivity contribution < 1.29 is 5.11 Å². The first-order valence-electron chi connectivity index (χ1n) is 6.65. The number of nitrogens with one attached hydrogen (secondary N) is 1. The van der Waals surface area contributed by atoms with E-state index in [0.29, 0.717) is 6.04 Å². The molecule has 0 aliphatic heterocycles. The van der Waals surface area contributed by atoms with Crippen molar-refractivity contribution in [2.24, 2.45) is 5.92 Å². The summed E-state index contributed by atoms with van der Waals surface area (Å²) >= 11 is 0. The van der Waals surface area contributed by atoms with Gasteiger partial charge in [0.05, 0.1) is 6.10 Å². The molecule has 0 aromatic rings. The standard InChI is InChI=1S/C13H28N2O/c1-11-7-5-4-6-8-13(11)14-9-12(16)10-15(2)3/h11-14,16H,4-10H2,1-3H3. The maximum atomic E-state index is 9.80. The molecule has 2 N–H and O–H groups in total. The van der Waals surface area contributed by atoms with Crippen LogP contribution >= 0.6 is 0 Å². The lowest BCUT2D eigenvalue weighted by Gasteiger charge is -2.25. The van der Waals surface area contributed by atoms with Gasteiger partial charge in [0.2, 0.25) is 0 Å². The molecule has 16 heavy (non-hydrogen) atoms. The van der Waals surface area contributed by atoms with Crippen molar-refractivity contribution in [3.8, 4) is 0 Å². The van der Waals surface area contributed by atoms with Crippen LogP contribution in [0.25, 0.3) is 0 Å². The van der Waals surface area contributed by atoms with Crippen LogP contribution < -0.4 is 5.32 Å². The van der Waals surface area contributed by atoms with E-state index in [-0.39, 0.29) is 6.10 Å².